The molecule has 4 rings (SSSR count). The summed E-state index contributed by atoms with van der Waals surface area (Å²) in [5.74, 6) is -1.63. The highest BCUT2D eigenvalue weighted by atomic mass is 35.5. The first kappa shape index (κ1) is 20.1. The molecule has 150 valence electrons. The Hall–Kier alpha value is -3.15. The summed E-state index contributed by atoms with van der Waals surface area (Å²) in [5, 5.41) is 10.2. The molecule has 0 fully saturated rings. The molecule has 0 bridgehead atoms. The van der Waals surface area contributed by atoms with Crippen molar-refractivity contribution in [3.63, 3.8) is 0 Å². The molecule has 30 heavy (non-hydrogen) atoms. The average Bonchev–Trinajstić information content (AvgIpc) is 3.11. The minimum absolute atomic E-state index is 0.0787. The number of imidazole rings is 1. The van der Waals surface area contributed by atoms with Crippen LogP contribution in [0.25, 0.3) is 28.3 Å². The fourth-order valence-corrected chi connectivity index (χ4v) is 3.63. The minimum Gasteiger partial charge on any atom is -0.476 e. The standard InChI is InChI=1S/C23H15Cl2FN2O2/c1-13-8-10-14(11-9-13)22-27-20(23(29)30)21(15-4-2-5-16(24)12-15)28(22)18-7-3-6-17(25)19(18)26/h2-12H,1H3,(H,29,30). The first-order valence-electron chi connectivity index (χ1n) is 9.00. The van der Waals surface area contributed by atoms with Crippen molar-refractivity contribution in [3.8, 4) is 28.3 Å². The Bertz CT molecular complexity index is 1270. The third-order valence-corrected chi connectivity index (χ3v) is 5.19. The summed E-state index contributed by atoms with van der Waals surface area (Å²) in [7, 11) is 0. The molecule has 0 aliphatic carbocycles. The number of aromatic carboxylic acids is 1. The quantitative estimate of drug-likeness (QED) is 0.385. The summed E-state index contributed by atoms with van der Waals surface area (Å²) in [6, 6.07) is 18.6. The lowest BCUT2D eigenvalue weighted by Gasteiger charge is -2.14. The van der Waals surface area contributed by atoms with Gasteiger partial charge in [-0.2, -0.15) is 0 Å². The Kier molecular flexibility index (Phi) is 5.33. The summed E-state index contributed by atoms with van der Waals surface area (Å²) in [6.45, 7) is 1.94. The van der Waals surface area contributed by atoms with Crippen LogP contribution < -0.4 is 0 Å². The summed E-state index contributed by atoms with van der Waals surface area (Å²) < 4.78 is 16.6. The summed E-state index contributed by atoms with van der Waals surface area (Å²) in [4.78, 5) is 16.5. The zero-order chi connectivity index (χ0) is 21.4. The molecule has 0 radical (unpaired) electrons. The molecular weight excluding hydrogens is 426 g/mol. The van der Waals surface area contributed by atoms with Crippen molar-refractivity contribution < 1.29 is 14.3 Å². The molecule has 0 aliphatic heterocycles. The van der Waals surface area contributed by atoms with Gasteiger partial charge in [0.05, 0.1) is 16.4 Å². The van der Waals surface area contributed by atoms with Crippen LogP contribution in [0.3, 0.4) is 0 Å². The van der Waals surface area contributed by atoms with Crippen molar-refractivity contribution in [2.75, 3.05) is 0 Å². The van der Waals surface area contributed by atoms with Gasteiger partial charge in [0.15, 0.2) is 11.5 Å². The average molecular weight is 441 g/mol. The Morgan fingerprint density at radius 2 is 1.70 bits per heavy atom. The van der Waals surface area contributed by atoms with Gasteiger partial charge in [0.2, 0.25) is 0 Å². The van der Waals surface area contributed by atoms with Gasteiger partial charge in [-0.25, -0.2) is 14.2 Å². The van der Waals surface area contributed by atoms with E-state index in [-0.39, 0.29) is 27.9 Å². The third-order valence-electron chi connectivity index (χ3n) is 4.66. The fourth-order valence-electron chi connectivity index (χ4n) is 3.27. The van der Waals surface area contributed by atoms with E-state index in [1.54, 1.807) is 30.3 Å². The lowest BCUT2D eigenvalue weighted by Crippen LogP contribution is -2.05. The highest BCUT2D eigenvalue weighted by Crippen LogP contribution is 2.36. The summed E-state index contributed by atoms with van der Waals surface area (Å²) >= 11 is 12.2. The molecule has 4 aromatic rings. The van der Waals surface area contributed by atoms with Gasteiger partial charge in [-0.1, -0.05) is 71.2 Å². The van der Waals surface area contributed by atoms with Gasteiger partial charge in [-0.15, -0.1) is 0 Å². The van der Waals surface area contributed by atoms with E-state index < -0.39 is 11.8 Å². The van der Waals surface area contributed by atoms with E-state index in [1.165, 1.54) is 16.7 Å². The molecule has 1 N–H and O–H groups in total. The van der Waals surface area contributed by atoms with Crippen LogP contribution in [-0.4, -0.2) is 20.6 Å². The molecule has 3 aromatic carbocycles. The number of aromatic nitrogens is 2. The highest BCUT2D eigenvalue weighted by Gasteiger charge is 2.27. The van der Waals surface area contributed by atoms with E-state index in [2.05, 4.69) is 4.98 Å². The second kappa shape index (κ2) is 7.94. The van der Waals surface area contributed by atoms with Crippen molar-refractivity contribution in [1.29, 1.82) is 0 Å². The molecule has 0 aliphatic rings. The number of carboxylic acid groups (broad SMARTS) is 1. The van der Waals surface area contributed by atoms with Gasteiger partial charge in [0.1, 0.15) is 5.82 Å². The second-order valence-electron chi connectivity index (χ2n) is 6.72. The van der Waals surface area contributed by atoms with E-state index in [4.69, 9.17) is 23.2 Å². The van der Waals surface area contributed by atoms with Crippen molar-refractivity contribution in [2.24, 2.45) is 0 Å². The van der Waals surface area contributed by atoms with Crippen LogP contribution in [0.5, 0.6) is 0 Å². The van der Waals surface area contributed by atoms with Gasteiger partial charge in [-0.05, 0) is 31.2 Å². The molecule has 0 amide bonds. The molecular formula is C23H15Cl2FN2O2. The lowest BCUT2D eigenvalue weighted by molar-refractivity contribution is 0.0692. The van der Waals surface area contributed by atoms with E-state index in [0.29, 0.717) is 16.1 Å². The van der Waals surface area contributed by atoms with Crippen LogP contribution in [0.4, 0.5) is 4.39 Å². The second-order valence-corrected chi connectivity index (χ2v) is 7.57. The number of rotatable bonds is 4. The summed E-state index contributed by atoms with van der Waals surface area (Å²) in [6.07, 6.45) is 0. The Morgan fingerprint density at radius 3 is 2.37 bits per heavy atom. The van der Waals surface area contributed by atoms with Gasteiger partial charge in [-0.3, -0.25) is 4.57 Å². The van der Waals surface area contributed by atoms with Crippen molar-refractivity contribution in [1.82, 2.24) is 9.55 Å². The zero-order valence-electron chi connectivity index (χ0n) is 15.7. The maximum atomic E-state index is 15.1. The summed E-state index contributed by atoms with van der Waals surface area (Å²) in [5.41, 5.74) is 2.24. The highest BCUT2D eigenvalue weighted by molar-refractivity contribution is 6.31. The van der Waals surface area contributed by atoms with Gasteiger partial charge >= 0.3 is 5.97 Å². The minimum atomic E-state index is -1.24. The van der Waals surface area contributed by atoms with Crippen molar-refractivity contribution in [2.45, 2.75) is 6.92 Å². The number of hydrogen-bond donors (Lipinski definition) is 1. The van der Waals surface area contributed by atoms with E-state index >= 15 is 4.39 Å². The molecule has 0 atom stereocenters. The van der Waals surface area contributed by atoms with Crippen LogP contribution in [0.1, 0.15) is 16.1 Å². The SMILES string of the molecule is Cc1ccc(-c2nc(C(=O)O)c(-c3cccc(Cl)c3)n2-c2cccc(Cl)c2F)cc1. The number of aryl methyl sites for hydroxylation is 1. The molecule has 0 saturated carbocycles. The van der Waals surface area contributed by atoms with Crippen molar-refractivity contribution >= 4 is 29.2 Å². The first-order chi connectivity index (χ1) is 14.4. The zero-order valence-corrected chi connectivity index (χ0v) is 17.2. The molecule has 1 heterocycles. The Labute approximate surface area is 182 Å². The largest absolute Gasteiger partial charge is 0.476 e. The number of carboxylic acids is 1. The molecule has 0 spiro atoms. The van der Waals surface area contributed by atoms with Crippen LogP contribution in [0, 0.1) is 12.7 Å². The lowest BCUT2D eigenvalue weighted by atomic mass is 10.1. The number of benzene rings is 3. The van der Waals surface area contributed by atoms with Crippen molar-refractivity contribution in [3.05, 3.63) is 93.8 Å². The van der Waals surface area contributed by atoms with Crippen LogP contribution in [-0.2, 0) is 0 Å². The maximum absolute atomic E-state index is 15.1. The monoisotopic (exact) mass is 440 g/mol. The van der Waals surface area contributed by atoms with E-state index in [1.807, 2.05) is 31.2 Å². The Morgan fingerprint density at radius 1 is 1.00 bits per heavy atom. The molecule has 0 unspecified atom stereocenters. The van der Waals surface area contributed by atoms with E-state index in [9.17, 15) is 9.90 Å². The predicted octanol–water partition coefficient (Wildman–Crippen LogP) is 6.66. The first-order valence-corrected chi connectivity index (χ1v) is 9.76. The topological polar surface area (TPSA) is 55.1 Å². The number of nitrogens with zero attached hydrogens (tertiary/aromatic N) is 2. The third kappa shape index (κ3) is 3.58. The molecule has 0 saturated heterocycles. The Balaban J connectivity index is 2.14. The molecule has 4 nitrogen and oxygen atoms in total. The van der Waals surface area contributed by atoms with Crippen LogP contribution in [0.15, 0.2) is 66.7 Å². The smallest absolute Gasteiger partial charge is 0.356 e. The van der Waals surface area contributed by atoms with Crippen LogP contribution >= 0.6 is 23.2 Å². The predicted molar refractivity (Wildman–Crippen MR) is 116 cm³/mol. The van der Waals surface area contributed by atoms with Gasteiger partial charge in [0, 0.05) is 16.1 Å². The maximum Gasteiger partial charge on any atom is 0.356 e. The number of hydrogen-bond acceptors (Lipinski definition) is 2. The number of carbonyl (C=O) groups is 1. The van der Waals surface area contributed by atoms with Gasteiger partial charge < -0.3 is 5.11 Å². The van der Waals surface area contributed by atoms with Gasteiger partial charge in [0.25, 0.3) is 0 Å². The molecule has 7 heteroatoms. The molecule has 1 aromatic heterocycles. The van der Waals surface area contributed by atoms with Crippen LogP contribution in [0.2, 0.25) is 10.0 Å². The fraction of sp³-hybridized carbons (Fsp3) is 0.0435. The number of halogens is 3. The normalized spacial score (nSPS) is 10.9. The van der Waals surface area contributed by atoms with E-state index in [0.717, 1.165) is 5.56 Å².